The minimum Gasteiger partial charge on any atom is -0.360 e. The van der Waals surface area contributed by atoms with E-state index < -0.39 is 14.6 Å². The molecular formula is C17H30N4O2S2. The van der Waals surface area contributed by atoms with Crippen molar-refractivity contribution in [1.29, 1.82) is 0 Å². The maximum absolute atomic E-state index is 12.6. The Hall–Kier alpha value is -0.730. The largest absolute Gasteiger partial charge is 0.360 e. The number of nitrogens with one attached hydrogen (secondary N) is 2. The number of anilines is 1. The molecule has 1 spiro atoms. The lowest BCUT2D eigenvalue weighted by Gasteiger charge is -2.51. The van der Waals surface area contributed by atoms with Crippen LogP contribution in [0.15, 0.2) is 0 Å². The second kappa shape index (κ2) is 7.48. The topological polar surface area (TPSA) is 84.0 Å². The molecule has 25 heavy (non-hydrogen) atoms. The van der Waals surface area contributed by atoms with Gasteiger partial charge in [-0.15, -0.1) is 0 Å². The van der Waals surface area contributed by atoms with Crippen LogP contribution < -0.4 is 10.6 Å². The van der Waals surface area contributed by atoms with Crippen LogP contribution in [0.3, 0.4) is 0 Å². The molecule has 2 aliphatic rings. The van der Waals surface area contributed by atoms with E-state index in [4.69, 9.17) is 0 Å². The molecule has 2 fully saturated rings. The summed E-state index contributed by atoms with van der Waals surface area (Å²) in [6.07, 6.45) is 5.02. The Morgan fingerprint density at radius 2 is 2.08 bits per heavy atom. The second-order valence-corrected chi connectivity index (χ2v) is 11.2. The van der Waals surface area contributed by atoms with Gasteiger partial charge in [0, 0.05) is 36.6 Å². The molecule has 2 N–H and O–H groups in total. The van der Waals surface area contributed by atoms with Crippen molar-refractivity contribution in [2.45, 2.75) is 76.1 Å². The highest BCUT2D eigenvalue weighted by Crippen LogP contribution is 2.50. The minimum atomic E-state index is -2.97. The van der Waals surface area contributed by atoms with Crippen LogP contribution in [0.1, 0.15) is 58.7 Å². The zero-order chi connectivity index (χ0) is 18.1. The van der Waals surface area contributed by atoms with Gasteiger partial charge in [-0.25, -0.2) is 13.4 Å². The van der Waals surface area contributed by atoms with Gasteiger partial charge >= 0.3 is 0 Å². The number of hydrogen-bond donors (Lipinski definition) is 2. The molecular weight excluding hydrogens is 356 g/mol. The van der Waals surface area contributed by atoms with Crippen molar-refractivity contribution in [2.24, 2.45) is 5.92 Å². The molecule has 1 atom stereocenters. The molecule has 0 amide bonds. The maximum Gasteiger partial charge on any atom is 0.202 e. The van der Waals surface area contributed by atoms with Crippen LogP contribution in [0.25, 0.3) is 0 Å². The van der Waals surface area contributed by atoms with E-state index >= 15 is 0 Å². The van der Waals surface area contributed by atoms with Crippen molar-refractivity contribution in [3.8, 4) is 0 Å². The number of hydrogen-bond acceptors (Lipinski definition) is 7. The normalized spacial score (nSPS) is 31.2. The van der Waals surface area contributed by atoms with Crippen LogP contribution in [0.4, 0.5) is 5.13 Å². The Morgan fingerprint density at radius 3 is 2.76 bits per heavy atom. The van der Waals surface area contributed by atoms with Crippen LogP contribution in [-0.2, 0) is 16.3 Å². The van der Waals surface area contributed by atoms with Crippen LogP contribution >= 0.6 is 11.5 Å². The van der Waals surface area contributed by atoms with E-state index in [9.17, 15) is 8.42 Å². The fourth-order valence-corrected chi connectivity index (χ4v) is 7.33. The summed E-state index contributed by atoms with van der Waals surface area (Å²) in [5.41, 5.74) is 0. The van der Waals surface area contributed by atoms with E-state index in [0.29, 0.717) is 23.8 Å². The second-order valence-electron chi connectivity index (χ2n) is 7.93. The summed E-state index contributed by atoms with van der Waals surface area (Å²) >= 11 is 1.40. The van der Waals surface area contributed by atoms with Crippen molar-refractivity contribution in [2.75, 3.05) is 17.6 Å². The lowest BCUT2D eigenvalue weighted by atomic mass is 9.70. The molecule has 1 aliphatic carbocycles. The van der Waals surface area contributed by atoms with Gasteiger partial charge in [-0.1, -0.05) is 20.8 Å². The highest BCUT2D eigenvalue weighted by molar-refractivity contribution is 7.92. The zero-order valence-electron chi connectivity index (χ0n) is 15.4. The fraction of sp³-hybridized carbons (Fsp3) is 0.882. The van der Waals surface area contributed by atoms with Crippen LogP contribution in [0.2, 0.25) is 0 Å². The summed E-state index contributed by atoms with van der Waals surface area (Å²) in [4.78, 5) is 4.48. The van der Waals surface area contributed by atoms with E-state index in [1.54, 1.807) is 0 Å². The minimum absolute atomic E-state index is 0.328. The first-order chi connectivity index (χ1) is 11.8. The molecule has 1 aromatic heterocycles. The van der Waals surface area contributed by atoms with Crippen molar-refractivity contribution >= 4 is 26.5 Å². The van der Waals surface area contributed by atoms with Gasteiger partial charge in [0.15, 0.2) is 9.84 Å². The first-order valence-corrected chi connectivity index (χ1v) is 11.8. The lowest BCUT2D eigenvalue weighted by molar-refractivity contribution is 0.185. The number of sulfone groups is 1. The molecule has 6 nitrogen and oxygen atoms in total. The van der Waals surface area contributed by atoms with E-state index in [2.05, 4.69) is 40.8 Å². The predicted molar refractivity (Wildman–Crippen MR) is 103 cm³/mol. The van der Waals surface area contributed by atoms with Crippen molar-refractivity contribution in [3.05, 3.63) is 5.82 Å². The Balaban J connectivity index is 1.53. The first kappa shape index (κ1) is 19.0. The summed E-state index contributed by atoms with van der Waals surface area (Å²) in [7, 11) is -2.97. The van der Waals surface area contributed by atoms with Crippen molar-refractivity contribution in [3.63, 3.8) is 0 Å². The van der Waals surface area contributed by atoms with Crippen molar-refractivity contribution in [1.82, 2.24) is 14.7 Å². The molecule has 142 valence electrons. The predicted octanol–water partition coefficient (Wildman–Crippen LogP) is 2.63. The summed E-state index contributed by atoms with van der Waals surface area (Å²) in [5.74, 6) is 1.64. The zero-order valence-corrected chi connectivity index (χ0v) is 17.0. The number of rotatable bonds is 7. The van der Waals surface area contributed by atoms with Gasteiger partial charge in [0.05, 0.1) is 10.5 Å². The van der Waals surface area contributed by atoms with E-state index in [1.807, 2.05) is 0 Å². The first-order valence-electron chi connectivity index (χ1n) is 9.38. The quantitative estimate of drug-likeness (QED) is 0.749. The average molecular weight is 387 g/mol. The molecule has 3 rings (SSSR count). The number of nitrogens with zero attached hydrogens (tertiary/aromatic N) is 2. The molecule has 1 aliphatic heterocycles. The Morgan fingerprint density at radius 1 is 1.32 bits per heavy atom. The smallest absolute Gasteiger partial charge is 0.202 e. The summed E-state index contributed by atoms with van der Waals surface area (Å²) < 4.78 is 29.1. The van der Waals surface area contributed by atoms with Gasteiger partial charge in [-0.3, -0.25) is 0 Å². The average Bonchev–Trinajstić information content (AvgIpc) is 2.93. The maximum atomic E-state index is 12.6. The molecule has 1 aromatic rings. The molecule has 1 saturated heterocycles. The van der Waals surface area contributed by atoms with E-state index in [0.717, 1.165) is 56.0 Å². The van der Waals surface area contributed by atoms with Gasteiger partial charge in [0.1, 0.15) is 5.82 Å². The van der Waals surface area contributed by atoms with Gasteiger partial charge in [-0.2, -0.15) is 4.37 Å². The van der Waals surface area contributed by atoms with Gasteiger partial charge in [-0.05, 0) is 38.0 Å². The highest BCUT2D eigenvalue weighted by Gasteiger charge is 2.56. The molecule has 8 heteroatoms. The van der Waals surface area contributed by atoms with E-state index in [1.165, 1.54) is 11.5 Å². The standard InChI is InChI=1S/C17H30N4O2S2/c1-4-5-15-20-16(24-21-15)18-11-13-8-17(9-13)10-14(19-12(2)3)6-7-25(17,22)23/h12-14,19H,4-11H2,1-3H3,(H,18,20,21). The Labute approximate surface area is 155 Å². The number of aromatic nitrogens is 2. The van der Waals surface area contributed by atoms with Gasteiger partial charge in [0.2, 0.25) is 5.13 Å². The SMILES string of the molecule is CCCc1nsc(NCC2CC3(C2)CC(NC(C)C)CCS3(=O)=O)n1. The van der Waals surface area contributed by atoms with Crippen molar-refractivity contribution < 1.29 is 8.42 Å². The third-order valence-corrected chi connectivity index (χ3v) is 8.69. The molecule has 0 radical (unpaired) electrons. The summed E-state index contributed by atoms with van der Waals surface area (Å²) in [6, 6.07) is 0.729. The molecule has 0 aromatic carbocycles. The van der Waals surface area contributed by atoms with Gasteiger partial charge in [0.25, 0.3) is 0 Å². The Kier molecular flexibility index (Phi) is 5.70. The Bertz CT molecular complexity index is 681. The summed E-state index contributed by atoms with van der Waals surface area (Å²) in [5, 5.41) is 7.74. The fourth-order valence-electron chi connectivity index (χ4n) is 4.25. The molecule has 0 bridgehead atoms. The third-order valence-electron chi connectivity index (χ3n) is 5.39. The third kappa shape index (κ3) is 4.17. The molecule has 1 unspecified atom stereocenters. The number of aryl methyl sites for hydroxylation is 1. The molecule has 1 saturated carbocycles. The summed E-state index contributed by atoms with van der Waals surface area (Å²) in [6.45, 7) is 7.16. The van der Waals surface area contributed by atoms with Crippen LogP contribution in [0.5, 0.6) is 0 Å². The lowest BCUT2D eigenvalue weighted by Crippen LogP contribution is -2.59. The van der Waals surface area contributed by atoms with E-state index in [-0.39, 0.29) is 0 Å². The van der Waals surface area contributed by atoms with Crippen LogP contribution in [-0.4, -0.2) is 46.9 Å². The monoisotopic (exact) mass is 386 g/mol. The highest BCUT2D eigenvalue weighted by atomic mass is 32.2. The van der Waals surface area contributed by atoms with Gasteiger partial charge < -0.3 is 10.6 Å². The molecule has 2 heterocycles. The van der Waals surface area contributed by atoms with Crippen LogP contribution in [0, 0.1) is 5.92 Å².